The predicted molar refractivity (Wildman–Crippen MR) is 82.1 cm³/mol. The second-order valence-corrected chi connectivity index (χ2v) is 5.08. The first-order valence-electron chi connectivity index (χ1n) is 7.24. The van der Waals surface area contributed by atoms with E-state index in [4.69, 9.17) is 10.5 Å². The molecule has 0 bridgehead atoms. The number of nitrogens with two attached hydrogens (primary N) is 1. The molecule has 112 valence electrons. The van der Waals surface area contributed by atoms with E-state index in [0.717, 1.165) is 50.2 Å². The maximum atomic E-state index is 10.9. The summed E-state index contributed by atoms with van der Waals surface area (Å²) in [5.41, 5.74) is 8.01. The zero-order valence-electron chi connectivity index (χ0n) is 12.6. The Labute approximate surface area is 122 Å². The molecule has 0 spiro atoms. The van der Waals surface area contributed by atoms with Crippen molar-refractivity contribution in [3.05, 3.63) is 36.1 Å². The van der Waals surface area contributed by atoms with Gasteiger partial charge >= 0.3 is 5.97 Å². The van der Waals surface area contributed by atoms with Gasteiger partial charge in [-0.15, -0.1) is 0 Å². The van der Waals surface area contributed by atoms with Gasteiger partial charge in [-0.05, 0) is 24.8 Å². The summed E-state index contributed by atoms with van der Waals surface area (Å²) in [4.78, 5) is 13.3. The molecule has 1 rings (SSSR count). The molecule has 0 radical (unpaired) electrons. The van der Waals surface area contributed by atoms with Crippen LogP contribution in [-0.2, 0) is 9.53 Å². The van der Waals surface area contributed by atoms with Crippen molar-refractivity contribution in [2.75, 3.05) is 19.6 Å². The Hall–Kier alpha value is -1.55. The monoisotopic (exact) mass is 278 g/mol. The summed E-state index contributed by atoms with van der Waals surface area (Å²) in [6.07, 6.45) is 8.54. The Morgan fingerprint density at radius 2 is 2.10 bits per heavy atom. The molecule has 0 unspecified atom stereocenters. The maximum Gasteiger partial charge on any atom is 0.302 e. The number of allylic oxidation sites excluding steroid dienone is 3. The Morgan fingerprint density at radius 3 is 2.60 bits per heavy atom. The zero-order chi connectivity index (χ0) is 15.0. The Morgan fingerprint density at radius 1 is 1.45 bits per heavy atom. The molecular weight excluding hydrogens is 252 g/mol. The van der Waals surface area contributed by atoms with Crippen molar-refractivity contribution in [1.82, 2.24) is 4.90 Å². The van der Waals surface area contributed by atoms with Gasteiger partial charge in [-0.2, -0.15) is 0 Å². The second-order valence-electron chi connectivity index (χ2n) is 5.08. The highest BCUT2D eigenvalue weighted by Gasteiger charge is 2.21. The van der Waals surface area contributed by atoms with Gasteiger partial charge in [-0.1, -0.05) is 31.7 Å². The van der Waals surface area contributed by atoms with E-state index in [2.05, 4.69) is 18.4 Å². The molecule has 20 heavy (non-hydrogen) atoms. The lowest BCUT2D eigenvalue weighted by atomic mass is 10.1. The van der Waals surface area contributed by atoms with E-state index in [9.17, 15) is 4.79 Å². The van der Waals surface area contributed by atoms with Gasteiger partial charge in [0.05, 0.1) is 0 Å². The Balaban J connectivity index is 2.52. The highest BCUT2D eigenvalue weighted by Crippen LogP contribution is 2.17. The van der Waals surface area contributed by atoms with E-state index >= 15 is 0 Å². The summed E-state index contributed by atoms with van der Waals surface area (Å²) >= 11 is 0. The van der Waals surface area contributed by atoms with Crippen molar-refractivity contribution in [3.63, 3.8) is 0 Å². The molecule has 4 heteroatoms. The summed E-state index contributed by atoms with van der Waals surface area (Å²) in [6, 6.07) is 0. The molecule has 4 nitrogen and oxygen atoms in total. The molecular formula is C16H26N2O2. The van der Waals surface area contributed by atoms with E-state index in [-0.39, 0.29) is 12.1 Å². The molecule has 0 aromatic heterocycles. The van der Waals surface area contributed by atoms with Crippen LogP contribution in [0.25, 0.3) is 0 Å². The third-order valence-corrected chi connectivity index (χ3v) is 3.38. The smallest absolute Gasteiger partial charge is 0.302 e. The van der Waals surface area contributed by atoms with Gasteiger partial charge in [-0.3, -0.25) is 9.69 Å². The minimum atomic E-state index is -0.189. The van der Waals surface area contributed by atoms with Crippen LogP contribution >= 0.6 is 0 Å². The van der Waals surface area contributed by atoms with Crippen LogP contribution in [0.4, 0.5) is 0 Å². The highest BCUT2D eigenvalue weighted by atomic mass is 16.5. The van der Waals surface area contributed by atoms with Crippen LogP contribution in [0, 0.1) is 0 Å². The summed E-state index contributed by atoms with van der Waals surface area (Å²) in [7, 11) is 0. The first-order valence-corrected chi connectivity index (χ1v) is 7.24. The van der Waals surface area contributed by atoms with Crippen LogP contribution < -0.4 is 5.73 Å². The zero-order valence-corrected chi connectivity index (χ0v) is 12.6. The first-order chi connectivity index (χ1) is 9.56. The van der Waals surface area contributed by atoms with Crippen LogP contribution in [0.1, 0.15) is 33.1 Å². The normalized spacial score (nSPS) is 18.9. The fourth-order valence-electron chi connectivity index (χ4n) is 2.39. The number of likely N-dealkylation sites (tertiary alicyclic amines) is 1. The van der Waals surface area contributed by atoms with Crippen LogP contribution in [-0.4, -0.2) is 36.6 Å². The molecule has 2 N–H and O–H groups in total. The maximum absolute atomic E-state index is 10.9. The number of rotatable bonds is 6. The minimum absolute atomic E-state index is 0.0686. The topological polar surface area (TPSA) is 55.6 Å². The number of piperidine rings is 1. The van der Waals surface area contributed by atoms with Gasteiger partial charge in [0.1, 0.15) is 6.10 Å². The molecule has 1 aliphatic rings. The number of carbonyl (C=O) groups is 1. The van der Waals surface area contributed by atoms with E-state index < -0.39 is 0 Å². The standard InChI is InChI=1S/C16H26N2O2/c1-4-6-14(16(17)7-5-2)12-18-10-8-15(9-11-18)20-13(3)19/h4,6-7,15H,1,5,8-12,17H2,2-3H3/b14-6-,16-7+. The van der Waals surface area contributed by atoms with Gasteiger partial charge in [0, 0.05) is 32.3 Å². The highest BCUT2D eigenvalue weighted by molar-refractivity contribution is 5.66. The van der Waals surface area contributed by atoms with Crippen molar-refractivity contribution < 1.29 is 9.53 Å². The fourth-order valence-corrected chi connectivity index (χ4v) is 2.39. The first kappa shape index (κ1) is 16.5. The molecule has 1 heterocycles. The van der Waals surface area contributed by atoms with Crippen LogP contribution in [0.2, 0.25) is 0 Å². The number of nitrogens with zero attached hydrogens (tertiary/aromatic N) is 1. The third-order valence-electron chi connectivity index (χ3n) is 3.38. The van der Waals surface area contributed by atoms with E-state index in [1.165, 1.54) is 6.92 Å². The number of hydrogen-bond donors (Lipinski definition) is 1. The summed E-state index contributed by atoms with van der Waals surface area (Å²) in [6.45, 7) is 9.95. The molecule has 0 aliphatic carbocycles. The fraction of sp³-hybridized carbons (Fsp3) is 0.562. The van der Waals surface area contributed by atoms with Crippen LogP contribution in [0.5, 0.6) is 0 Å². The van der Waals surface area contributed by atoms with Gasteiger partial charge < -0.3 is 10.5 Å². The molecule has 1 fully saturated rings. The molecule has 0 saturated carbocycles. The second kappa shape index (κ2) is 8.59. The summed E-state index contributed by atoms with van der Waals surface area (Å²) in [5, 5.41) is 0. The van der Waals surface area contributed by atoms with Gasteiger partial charge in [0.25, 0.3) is 0 Å². The van der Waals surface area contributed by atoms with Crippen molar-refractivity contribution in [2.45, 2.75) is 39.2 Å². The van der Waals surface area contributed by atoms with Crippen molar-refractivity contribution in [2.24, 2.45) is 5.73 Å². The molecule has 0 amide bonds. The summed E-state index contributed by atoms with van der Waals surface area (Å²) < 4.78 is 5.25. The average Bonchev–Trinajstić information content (AvgIpc) is 2.40. The van der Waals surface area contributed by atoms with Crippen LogP contribution in [0.3, 0.4) is 0 Å². The van der Waals surface area contributed by atoms with Crippen molar-refractivity contribution >= 4 is 5.97 Å². The van der Waals surface area contributed by atoms with Gasteiger partial charge in [-0.25, -0.2) is 0 Å². The lowest BCUT2D eigenvalue weighted by Gasteiger charge is -2.32. The average molecular weight is 278 g/mol. The van der Waals surface area contributed by atoms with E-state index in [1.807, 2.05) is 12.2 Å². The van der Waals surface area contributed by atoms with Gasteiger partial charge in [0.15, 0.2) is 0 Å². The van der Waals surface area contributed by atoms with Crippen LogP contribution in [0.15, 0.2) is 36.1 Å². The van der Waals surface area contributed by atoms with E-state index in [1.54, 1.807) is 6.08 Å². The molecule has 0 aromatic rings. The SMILES string of the molecule is C=C/C=C(CN1CCC(OC(C)=O)CC1)\C(N)=C/CC. The molecule has 0 aromatic carbocycles. The largest absolute Gasteiger partial charge is 0.462 e. The lowest BCUT2D eigenvalue weighted by Crippen LogP contribution is -2.39. The summed E-state index contributed by atoms with van der Waals surface area (Å²) in [5.74, 6) is -0.189. The third kappa shape index (κ3) is 5.61. The quantitative estimate of drug-likeness (QED) is 0.598. The number of carbonyl (C=O) groups excluding carboxylic acids is 1. The molecule has 0 atom stereocenters. The Bertz CT molecular complexity index is 391. The lowest BCUT2D eigenvalue weighted by molar-refractivity contribution is -0.148. The number of ether oxygens (including phenoxy) is 1. The predicted octanol–water partition coefficient (Wildman–Crippen LogP) is 2.38. The minimum Gasteiger partial charge on any atom is -0.462 e. The molecule has 1 aliphatic heterocycles. The molecule has 1 saturated heterocycles. The Kier molecular flexibility index (Phi) is 7.09. The number of esters is 1. The van der Waals surface area contributed by atoms with Crippen molar-refractivity contribution in [1.29, 1.82) is 0 Å². The number of hydrogen-bond acceptors (Lipinski definition) is 4. The van der Waals surface area contributed by atoms with Gasteiger partial charge in [0.2, 0.25) is 0 Å². The van der Waals surface area contributed by atoms with Crippen molar-refractivity contribution in [3.8, 4) is 0 Å². The van der Waals surface area contributed by atoms with E-state index in [0.29, 0.717) is 0 Å².